The molecule has 0 aromatic carbocycles. The molecule has 0 aromatic rings. The number of hydrogen-bond donors (Lipinski definition) is 1. The number of hydrogen-bond acceptors (Lipinski definition) is 3. The van der Waals surface area contributed by atoms with Gasteiger partial charge in [-0.05, 0) is 80.0 Å². The number of rotatable bonds is 1. The molecule has 3 heteroatoms. The van der Waals surface area contributed by atoms with E-state index in [1.165, 1.54) is 0 Å². The van der Waals surface area contributed by atoms with Crippen molar-refractivity contribution in [3.8, 4) is 0 Å². The summed E-state index contributed by atoms with van der Waals surface area (Å²) >= 11 is 0. The van der Waals surface area contributed by atoms with Crippen LogP contribution in [-0.4, -0.2) is 22.8 Å². The van der Waals surface area contributed by atoms with Gasteiger partial charge in [0.25, 0.3) is 0 Å². The minimum absolute atomic E-state index is 0.0138. The van der Waals surface area contributed by atoms with Crippen LogP contribution in [0, 0.1) is 40.4 Å². The second-order valence-electron chi connectivity index (χ2n) is 9.84. The van der Waals surface area contributed by atoms with Crippen LogP contribution in [0.4, 0.5) is 0 Å². The zero-order chi connectivity index (χ0) is 17.3. The molecule has 0 radical (unpaired) electrons. The Hall–Kier alpha value is -0.700. The summed E-state index contributed by atoms with van der Waals surface area (Å²) in [6.45, 7) is 6.36. The van der Waals surface area contributed by atoms with Crippen LogP contribution in [0.2, 0.25) is 0 Å². The summed E-state index contributed by atoms with van der Waals surface area (Å²) in [6, 6.07) is 0. The van der Waals surface area contributed by atoms with Gasteiger partial charge in [-0.25, -0.2) is 0 Å². The topological polar surface area (TPSA) is 54.4 Å². The molecule has 8 atom stereocenters. The van der Waals surface area contributed by atoms with Crippen molar-refractivity contribution in [2.24, 2.45) is 40.4 Å². The van der Waals surface area contributed by atoms with Crippen LogP contribution in [0.25, 0.3) is 0 Å². The van der Waals surface area contributed by atoms with E-state index >= 15 is 0 Å². The largest absolute Gasteiger partial charge is 0.393 e. The summed E-state index contributed by atoms with van der Waals surface area (Å²) in [5, 5.41) is 11.2. The first-order valence-electron chi connectivity index (χ1n) is 9.97. The van der Waals surface area contributed by atoms with Gasteiger partial charge in [0, 0.05) is 18.8 Å². The van der Waals surface area contributed by atoms with E-state index in [4.69, 9.17) is 0 Å². The summed E-state index contributed by atoms with van der Waals surface area (Å²) in [5.74, 6) is 2.78. The van der Waals surface area contributed by atoms with Gasteiger partial charge in [-0.1, -0.05) is 13.8 Å². The Bertz CT molecular complexity index is 569. The highest BCUT2D eigenvalue weighted by Crippen LogP contribution is 2.67. The van der Waals surface area contributed by atoms with Gasteiger partial charge in [0.05, 0.1) is 6.10 Å². The third-order valence-electron chi connectivity index (χ3n) is 8.90. The molecule has 4 aliphatic carbocycles. The van der Waals surface area contributed by atoms with Crippen molar-refractivity contribution < 1.29 is 14.7 Å². The highest BCUT2D eigenvalue weighted by Gasteiger charge is 2.63. The fourth-order valence-electron chi connectivity index (χ4n) is 7.84. The van der Waals surface area contributed by atoms with Crippen molar-refractivity contribution in [3.63, 3.8) is 0 Å². The molecule has 4 fully saturated rings. The second-order valence-corrected chi connectivity index (χ2v) is 9.84. The van der Waals surface area contributed by atoms with Crippen LogP contribution in [0.1, 0.15) is 72.1 Å². The first-order chi connectivity index (χ1) is 11.3. The molecule has 1 N–H and O–H groups in total. The van der Waals surface area contributed by atoms with E-state index < -0.39 is 0 Å². The Balaban J connectivity index is 1.68. The smallest absolute Gasteiger partial charge is 0.133 e. The van der Waals surface area contributed by atoms with Crippen molar-refractivity contribution in [2.45, 2.75) is 78.2 Å². The Labute approximate surface area is 145 Å². The monoisotopic (exact) mass is 332 g/mol. The zero-order valence-corrected chi connectivity index (χ0v) is 15.4. The molecule has 0 heterocycles. The molecule has 0 aromatic heterocycles. The lowest BCUT2D eigenvalue weighted by atomic mass is 9.44. The van der Waals surface area contributed by atoms with Crippen LogP contribution in [-0.2, 0) is 9.59 Å². The molecule has 0 spiro atoms. The van der Waals surface area contributed by atoms with Crippen LogP contribution in [0.3, 0.4) is 0 Å². The summed E-state index contributed by atoms with van der Waals surface area (Å²) in [6.07, 6.45) is 7.27. The summed E-state index contributed by atoms with van der Waals surface area (Å²) in [5.41, 5.74) is 0.103. The van der Waals surface area contributed by atoms with E-state index in [1.54, 1.807) is 6.92 Å². The minimum atomic E-state index is -0.308. The van der Waals surface area contributed by atoms with Crippen molar-refractivity contribution in [2.75, 3.05) is 0 Å². The maximum Gasteiger partial charge on any atom is 0.133 e. The molecule has 0 bridgehead atoms. The lowest BCUT2D eigenvalue weighted by Crippen LogP contribution is -2.59. The van der Waals surface area contributed by atoms with Gasteiger partial charge < -0.3 is 5.11 Å². The normalized spacial score (nSPS) is 53.9. The average Bonchev–Trinajstić information content (AvgIpc) is 2.84. The average molecular weight is 332 g/mol. The third-order valence-corrected chi connectivity index (χ3v) is 8.90. The second kappa shape index (κ2) is 5.40. The Kier molecular flexibility index (Phi) is 3.77. The quantitative estimate of drug-likeness (QED) is 0.795. The molecule has 3 nitrogen and oxygen atoms in total. The van der Waals surface area contributed by atoms with Crippen molar-refractivity contribution in [1.29, 1.82) is 0 Å². The molecule has 0 amide bonds. The predicted octanol–water partition coefficient (Wildman–Crippen LogP) is 3.77. The Morgan fingerprint density at radius 2 is 1.88 bits per heavy atom. The lowest BCUT2D eigenvalue weighted by Gasteiger charge is -2.61. The van der Waals surface area contributed by atoms with Crippen molar-refractivity contribution in [3.05, 3.63) is 0 Å². The number of carbonyl (C=O) groups excluding carboxylic acids is 2. The number of aliphatic hydroxyl groups is 1. The molecule has 0 aliphatic heterocycles. The number of fused-ring (bicyclic) bond motifs is 5. The highest BCUT2D eigenvalue weighted by molar-refractivity contribution is 5.80. The van der Waals surface area contributed by atoms with E-state index in [0.29, 0.717) is 41.7 Å². The molecule has 4 saturated carbocycles. The SMILES string of the molecule is CC(=O)C1CCC2C3CC[C@@H]4CC(=O)CC[C@]4(C)C3[C@H](O)C[C@]12C. The zero-order valence-electron chi connectivity index (χ0n) is 15.4. The van der Waals surface area contributed by atoms with Crippen LogP contribution >= 0.6 is 0 Å². The third kappa shape index (κ3) is 2.12. The van der Waals surface area contributed by atoms with E-state index in [9.17, 15) is 14.7 Å². The first-order valence-corrected chi connectivity index (χ1v) is 9.97. The molecule has 0 saturated heterocycles. The Morgan fingerprint density at radius 3 is 2.58 bits per heavy atom. The minimum Gasteiger partial charge on any atom is -0.393 e. The molecule has 134 valence electrons. The van der Waals surface area contributed by atoms with Crippen molar-refractivity contribution in [1.82, 2.24) is 0 Å². The van der Waals surface area contributed by atoms with Gasteiger partial charge in [0.15, 0.2) is 0 Å². The maximum atomic E-state index is 12.2. The van der Waals surface area contributed by atoms with Crippen LogP contribution < -0.4 is 0 Å². The van der Waals surface area contributed by atoms with Crippen LogP contribution in [0.15, 0.2) is 0 Å². The number of ketones is 2. The van der Waals surface area contributed by atoms with Gasteiger partial charge in [0.2, 0.25) is 0 Å². The molecule has 4 rings (SSSR count). The summed E-state index contributed by atoms with van der Waals surface area (Å²) in [7, 11) is 0. The maximum absolute atomic E-state index is 12.2. The highest BCUT2D eigenvalue weighted by atomic mass is 16.3. The van der Waals surface area contributed by atoms with E-state index in [0.717, 1.165) is 44.9 Å². The van der Waals surface area contributed by atoms with E-state index in [2.05, 4.69) is 13.8 Å². The lowest BCUT2D eigenvalue weighted by molar-refractivity contribution is -0.173. The number of carbonyl (C=O) groups is 2. The molecular weight excluding hydrogens is 300 g/mol. The molecule has 4 unspecified atom stereocenters. The molecular formula is C21H32O3. The van der Waals surface area contributed by atoms with Crippen LogP contribution in [0.5, 0.6) is 0 Å². The number of Topliss-reactive ketones (excluding diaryl/α,β-unsaturated/α-hetero) is 2. The summed E-state index contributed by atoms with van der Waals surface area (Å²) in [4.78, 5) is 24.1. The van der Waals surface area contributed by atoms with Gasteiger partial charge in [0.1, 0.15) is 11.6 Å². The van der Waals surface area contributed by atoms with E-state index in [1.807, 2.05) is 0 Å². The fourth-order valence-corrected chi connectivity index (χ4v) is 7.84. The first kappa shape index (κ1) is 16.8. The standard InChI is InChI=1S/C21H32O3/c1-12(22)16-6-7-17-15-5-4-13-10-14(23)8-9-20(13,2)19(15)18(24)11-21(16,17)3/h13,15-19,24H,4-11H2,1-3H3/t13-,15?,16?,17?,18-,19?,20+,21-/m1/s1. The molecule has 4 aliphatic rings. The van der Waals surface area contributed by atoms with Gasteiger partial charge >= 0.3 is 0 Å². The van der Waals surface area contributed by atoms with Gasteiger partial charge in [-0.15, -0.1) is 0 Å². The van der Waals surface area contributed by atoms with E-state index in [-0.39, 0.29) is 22.9 Å². The number of aliphatic hydroxyl groups excluding tert-OH is 1. The van der Waals surface area contributed by atoms with Gasteiger partial charge in [-0.2, -0.15) is 0 Å². The fraction of sp³-hybridized carbons (Fsp3) is 0.905. The van der Waals surface area contributed by atoms with Crippen molar-refractivity contribution >= 4 is 11.6 Å². The summed E-state index contributed by atoms with van der Waals surface area (Å²) < 4.78 is 0. The molecule has 24 heavy (non-hydrogen) atoms. The predicted molar refractivity (Wildman–Crippen MR) is 92.3 cm³/mol. The Morgan fingerprint density at radius 1 is 1.12 bits per heavy atom. The van der Waals surface area contributed by atoms with Gasteiger partial charge in [-0.3, -0.25) is 9.59 Å².